The Morgan fingerprint density at radius 2 is 1.82 bits per heavy atom. The average molecular weight is 318 g/mol. The summed E-state index contributed by atoms with van der Waals surface area (Å²) >= 11 is 5.80. The van der Waals surface area contributed by atoms with Crippen LogP contribution in [0.4, 0.5) is 5.82 Å². The zero-order valence-electron chi connectivity index (χ0n) is 12.8. The van der Waals surface area contributed by atoms with Crippen molar-refractivity contribution < 1.29 is 4.79 Å². The molecule has 0 fully saturated rings. The van der Waals surface area contributed by atoms with Gasteiger partial charge in [-0.25, -0.2) is 4.98 Å². The van der Waals surface area contributed by atoms with Crippen molar-refractivity contribution in [2.45, 2.75) is 20.4 Å². The topological polar surface area (TPSA) is 45.2 Å². The summed E-state index contributed by atoms with van der Waals surface area (Å²) in [7, 11) is 0. The van der Waals surface area contributed by atoms with Crippen LogP contribution >= 0.6 is 11.6 Å². The number of pyridine rings is 1. The summed E-state index contributed by atoms with van der Waals surface area (Å²) in [6.45, 7) is 7.20. The highest BCUT2D eigenvalue weighted by molar-refractivity contribution is 6.29. The fourth-order valence-corrected chi connectivity index (χ4v) is 2.30. The molecule has 0 bridgehead atoms. The molecule has 2 rings (SSSR count). The van der Waals surface area contributed by atoms with Crippen LogP contribution in [0.2, 0.25) is 5.15 Å². The van der Waals surface area contributed by atoms with Crippen LogP contribution in [0, 0.1) is 0 Å². The fourth-order valence-electron chi connectivity index (χ4n) is 2.13. The first-order valence-corrected chi connectivity index (χ1v) is 7.75. The quantitative estimate of drug-likeness (QED) is 0.824. The van der Waals surface area contributed by atoms with Crippen LogP contribution in [0.25, 0.3) is 0 Å². The number of halogens is 1. The minimum atomic E-state index is -0.191. The van der Waals surface area contributed by atoms with E-state index in [0.717, 1.165) is 19.6 Å². The number of nitrogens with zero attached hydrogens (tertiary/aromatic N) is 2. The Bertz CT molecular complexity index is 624. The van der Waals surface area contributed by atoms with Gasteiger partial charge in [0.1, 0.15) is 11.0 Å². The lowest BCUT2D eigenvalue weighted by Gasteiger charge is -2.18. The first-order valence-electron chi connectivity index (χ1n) is 7.37. The van der Waals surface area contributed by atoms with Crippen LogP contribution < -0.4 is 5.32 Å². The molecule has 0 radical (unpaired) electrons. The summed E-state index contributed by atoms with van der Waals surface area (Å²) < 4.78 is 0. The predicted octanol–water partition coefficient (Wildman–Crippen LogP) is 3.83. The molecule has 1 aromatic carbocycles. The maximum atomic E-state index is 12.2. The Balaban J connectivity index is 2.02. The lowest BCUT2D eigenvalue weighted by Crippen LogP contribution is -2.22. The third-order valence-corrected chi connectivity index (χ3v) is 3.68. The monoisotopic (exact) mass is 317 g/mol. The molecule has 0 unspecified atom stereocenters. The molecule has 1 N–H and O–H groups in total. The van der Waals surface area contributed by atoms with E-state index in [-0.39, 0.29) is 5.91 Å². The first-order chi connectivity index (χ1) is 10.6. The van der Waals surface area contributed by atoms with E-state index < -0.39 is 0 Å². The third kappa shape index (κ3) is 4.55. The largest absolute Gasteiger partial charge is 0.307 e. The first kappa shape index (κ1) is 16.5. The molecule has 1 amide bonds. The number of aromatic nitrogens is 1. The highest BCUT2D eigenvalue weighted by Crippen LogP contribution is 2.12. The minimum Gasteiger partial charge on any atom is -0.307 e. The number of anilines is 1. The van der Waals surface area contributed by atoms with Crippen molar-refractivity contribution in [2.75, 3.05) is 18.4 Å². The van der Waals surface area contributed by atoms with E-state index in [0.29, 0.717) is 16.5 Å². The molecular weight excluding hydrogens is 298 g/mol. The second-order valence-electron chi connectivity index (χ2n) is 4.96. The number of carbonyl (C=O) groups excluding carboxylic acids is 1. The lowest BCUT2D eigenvalue weighted by molar-refractivity contribution is 0.102. The Kier molecular flexibility index (Phi) is 5.92. The maximum absolute atomic E-state index is 12.2. The van der Waals surface area contributed by atoms with Crippen molar-refractivity contribution in [2.24, 2.45) is 0 Å². The Hall–Kier alpha value is -1.91. The molecule has 4 nitrogen and oxygen atoms in total. The summed E-state index contributed by atoms with van der Waals surface area (Å²) in [6.07, 6.45) is 0. The molecule has 0 aliphatic carbocycles. The summed E-state index contributed by atoms with van der Waals surface area (Å²) in [5.74, 6) is 0.258. The zero-order valence-corrected chi connectivity index (χ0v) is 13.6. The van der Waals surface area contributed by atoms with E-state index in [9.17, 15) is 4.79 Å². The fraction of sp³-hybridized carbons (Fsp3) is 0.294. The number of benzene rings is 1. The Labute approximate surface area is 136 Å². The minimum absolute atomic E-state index is 0.191. The molecule has 0 atom stereocenters. The third-order valence-electron chi connectivity index (χ3n) is 3.47. The molecule has 1 aromatic heterocycles. The Morgan fingerprint density at radius 1 is 1.14 bits per heavy atom. The van der Waals surface area contributed by atoms with E-state index in [1.807, 2.05) is 24.3 Å². The summed E-state index contributed by atoms with van der Waals surface area (Å²) in [6, 6.07) is 12.8. The van der Waals surface area contributed by atoms with Gasteiger partial charge < -0.3 is 5.32 Å². The molecule has 5 heteroatoms. The predicted molar refractivity (Wildman–Crippen MR) is 90.3 cm³/mol. The van der Waals surface area contributed by atoms with Gasteiger partial charge in [-0.15, -0.1) is 0 Å². The van der Waals surface area contributed by atoms with Crippen molar-refractivity contribution >= 4 is 23.3 Å². The van der Waals surface area contributed by atoms with Crippen molar-refractivity contribution in [1.82, 2.24) is 9.88 Å². The number of nitrogens with one attached hydrogen (secondary N) is 1. The molecule has 0 saturated heterocycles. The number of carbonyl (C=O) groups is 1. The van der Waals surface area contributed by atoms with Gasteiger partial charge in [0.25, 0.3) is 5.91 Å². The molecule has 1 heterocycles. The van der Waals surface area contributed by atoms with Gasteiger partial charge in [0.15, 0.2) is 0 Å². The number of amides is 1. The van der Waals surface area contributed by atoms with Crippen LogP contribution in [0.3, 0.4) is 0 Å². The average Bonchev–Trinajstić information content (AvgIpc) is 2.53. The second kappa shape index (κ2) is 7.92. The van der Waals surface area contributed by atoms with Crippen molar-refractivity contribution in [1.29, 1.82) is 0 Å². The van der Waals surface area contributed by atoms with Gasteiger partial charge in [-0.05, 0) is 42.9 Å². The number of rotatable bonds is 6. The molecule has 0 spiro atoms. The van der Waals surface area contributed by atoms with Gasteiger partial charge >= 0.3 is 0 Å². The zero-order chi connectivity index (χ0) is 15.9. The molecule has 22 heavy (non-hydrogen) atoms. The SMILES string of the molecule is CCN(CC)Cc1ccc(C(=O)Nc2cccc(Cl)n2)cc1. The van der Waals surface area contributed by atoms with Crippen molar-refractivity contribution in [3.8, 4) is 0 Å². The smallest absolute Gasteiger partial charge is 0.256 e. The number of hydrogen-bond donors (Lipinski definition) is 1. The van der Waals surface area contributed by atoms with Crippen LogP contribution in [0.1, 0.15) is 29.8 Å². The highest BCUT2D eigenvalue weighted by Gasteiger charge is 2.08. The van der Waals surface area contributed by atoms with E-state index in [1.165, 1.54) is 5.56 Å². The van der Waals surface area contributed by atoms with Gasteiger partial charge in [-0.2, -0.15) is 0 Å². The van der Waals surface area contributed by atoms with Crippen molar-refractivity contribution in [3.05, 3.63) is 58.7 Å². The van der Waals surface area contributed by atoms with Crippen LogP contribution in [-0.4, -0.2) is 28.9 Å². The molecule has 2 aromatic rings. The standard InChI is InChI=1S/C17H20ClN3O/c1-3-21(4-2)12-13-8-10-14(11-9-13)17(22)20-16-7-5-6-15(18)19-16/h5-11H,3-4,12H2,1-2H3,(H,19,20,22). The van der Waals surface area contributed by atoms with Gasteiger partial charge in [-0.3, -0.25) is 9.69 Å². The second-order valence-corrected chi connectivity index (χ2v) is 5.35. The summed E-state index contributed by atoms with van der Waals surface area (Å²) in [5, 5.41) is 3.09. The van der Waals surface area contributed by atoms with Crippen LogP contribution in [-0.2, 0) is 6.54 Å². The van der Waals surface area contributed by atoms with Crippen LogP contribution in [0.5, 0.6) is 0 Å². The molecule has 0 aliphatic heterocycles. The summed E-state index contributed by atoms with van der Waals surface area (Å²) in [4.78, 5) is 18.5. The molecule has 0 aliphatic rings. The molecule has 116 valence electrons. The Morgan fingerprint density at radius 3 is 2.41 bits per heavy atom. The lowest BCUT2D eigenvalue weighted by atomic mass is 10.1. The normalized spacial score (nSPS) is 10.7. The van der Waals surface area contributed by atoms with E-state index in [2.05, 4.69) is 29.0 Å². The van der Waals surface area contributed by atoms with E-state index >= 15 is 0 Å². The van der Waals surface area contributed by atoms with E-state index in [4.69, 9.17) is 11.6 Å². The van der Waals surface area contributed by atoms with Crippen LogP contribution in [0.15, 0.2) is 42.5 Å². The van der Waals surface area contributed by atoms with Gasteiger partial charge in [-0.1, -0.05) is 43.6 Å². The van der Waals surface area contributed by atoms with Gasteiger partial charge in [0, 0.05) is 12.1 Å². The van der Waals surface area contributed by atoms with Crippen molar-refractivity contribution in [3.63, 3.8) is 0 Å². The van der Waals surface area contributed by atoms with E-state index in [1.54, 1.807) is 18.2 Å². The summed E-state index contributed by atoms with van der Waals surface area (Å²) in [5.41, 5.74) is 1.80. The van der Waals surface area contributed by atoms with Gasteiger partial charge in [0.2, 0.25) is 0 Å². The number of hydrogen-bond acceptors (Lipinski definition) is 3. The maximum Gasteiger partial charge on any atom is 0.256 e. The van der Waals surface area contributed by atoms with Gasteiger partial charge in [0.05, 0.1) is 0 Å². The highest BCUT2D eigenvalue weighted by atomic mass is 35.5. The molecular formula is C17H20ClN3O. The molecule has 0 saturated carbocycles.